The first kappa shape index (κ1) is 12.0. The van der Waals surface area contributed by atoms with Gasteiger partial charge in [0.2, 0.25) is 0 Å². The second-order valence-corrected chi connectivity index (χ2v) is 5.04. The van der Waals surface area contributed by atoms with Gasteiger partial charge in [-0.05, 0) is 48.8 Å². The first-order chi connectivity index (χ1) is 6.82. The van der Waals surface area contributed by atoms with E-state index in [-0.39, 0.29) is 0 Å². The number of amides is 1. The predicted octanol–water partition coefficient (Wildman–Crippen LogP) is 3.13. The van der Waals surface area contributed by atoms with E-state index in [2.05, 4.69) is 20.9 Å². The molecule has 82 valence electrons. The van der Waals surface area contributed by atoms with Crippen molar-refractivity contribution in [3.63, 3.8) is 0 Å². The molecule has 1 N–H and O–H groups in total. The van der Waals surface area contributed by atoms with Crippen LogP contribution in [0.2, 0.25) is 0 Å². The van der Waals surface area contributed by atoms with E-state index in [1.807, 2.05) is 20.8 Å². The van der Waals surface area contributed by atoms with Crippen LogP contribution >= 0.6 is 15.9 Å². The van der Waals surface area contributed by atoms with Crippen molar-refractivity contribution in [3.8, 4) is 0 Å². The second-order valence-electron chi connectivity index (χ2n) is 4.12. The Morgan fingerprint density at radius 1 is 1.47 bits per heavy atom. The molecule has 1 rings (SSSR count). The molecule has 0 bridgehead atoms. The van der Waals surface area contributed by atoms with Crippen molar-refractivity contribution < 1.29 is 9.90 Å². The topological polar surface area (TPSA) is 53.4 Å². The van der Waals surface area contributed by atoms with Gasteiger partial charge in [-0.2, -0.15) is 0 Å². The number of anilines is 1. The molecular weight excluding hydrogens is 260 g/mol. The number of rotatable bonds is 1. The van der Waals surface area contributed by atoms with E-state index in [0.717, 1.165) is 4.47 Å². The lowest BCUT2D eigenvalue weighted by Gasteiger charge is -2.31. The first-order valence-corrected chi connectivity index (χ1v) is 5.26. The van der Waals surface area contributed by atoms with Crippen molar-refractivity contribution in [1.82, 2.24) is 4.98 Å². The lowest BCUT2D eigenvalue weighted by Crippen LogP contribution is -2.45. The predicted molar refractivity (Wildman–Crippen MR) is 62.2 cm³/mol. The van der Waals surface area contributed by atoms with E-state index in [9.17, 15) is 4.79 Å². The largest absolute Gasteiger partial charge is 0.465 e. The van der Waals surface area contributed by atoms with Gasteiger partial charge in [-0.1, -0.05) is 0 Å². The van der Waals surface area contributed by atoms with Crippen LogP contribution in [-0.4, -0.2) is 21.7 Å². The van der Waals surface area contributed by atoms with Crippen molar-refractivity contribution in [2.24, 2.45) is 0 Å². The Labute approximate surface area is 97.1 Å². The molecule has 0 unspecified atom stereocenters. The van der Waals surface area contributed by atoms with Gasteiger partial charge >= 0.3 is 6.09 Å². The molecule has 1 aromatic heterocycles. The van der Waals surface area contributed by atoms with Crippen molar-refractivity contribution in [3.05, 3.63) is 22.8 Å². The van der Waals surface area contributed by atoms with Gasteiger partial charge in [-0.25, -0.2) is 9.78 Å². The molecule has 5 heteroatoms. The Kier molecular flexibility index (Phi) is 3.34. The number of pyridine rings is 1. The summed E-state index contributed by atoms with van der Waals surface area (Å²) in [4.78, 5) is 16.4. The summed E-state index contributed by atoms with van der Waals surface area (Å²) in [6.07, 6.45) is 0.578. The Morgan fingerprint density at radius 2 is 2.07 bits per heavy atom. The fourth-order valence-corrected chi connectivity index (χ4v) is 1.46. The maximum absolute atomic E-state index is 11.1. The number of hydrogen-bond acceptors (Lipinski definition) is 2. The summed E-state index contributed by atoms with van der Waals surface area (Å²) in [6.45, 7) is 5.47. The average molecular weight is 273 g/mol. The quantitative estimate of drug-likeness (QED) is 0.855. The molecule has 0 saturated carbocycles. The van der Waals surface area contributed by atoms with Crippen LogP contribution in [0.1, 0.15) is 20.8 Å². The van der Waals surface area contributed by atoms with Crippen molar-refractivity contribution in [1.29, 1.82) is 0 Å². The van der Waals surface area contributed by atoms with E-state index in [1.54, 1.807) is 18.3 Å². The van der Waals surface area contributed by atoms with E-state index >= 15 is 0 Å². The molecule has 0 aliphatic heterocycles. The zero-order chi connectivity index (χ0) is 11.6. The molecule has 0 fully saturated rings. The number of halogens is 1. The normalized spacial score (nSPS) is 11.2. The summed E-state index contributed by atoms with van der Waals surface area (Å²) in [7, 11) is 0. The van der Waals surface area contributed by atoms with Gasteiger partial charge in [0.15, 0.2) is 0 Å². The fraction of sp³-hybridized carbons (Fsp3) is 0.400. The molecule has 4 nitrogen and oxygen atoms in total. The summed E-state index contributed by atoms with van der Waals surface area (Å²) in [5, 5.41) is 9.11. The fourth-order valence-electron chi connectivity index (χ4n) is 1.23. The van der Waals surface area contributed by atoms with Crippen molar-refractivity contribution in [2.45, 2.75) is 26.3 Å². The molecular formula is C10H13BrN2O2. The minimum absolute atomic E-state index is 0.429. The highest BCUT2D eigenvalue weighted by Gasteiger charge is 2.28. The van der Waals surface area contributed by atoms with Gasteiger partial charge in [0.1, 0.15) is 5.82 Å². The Morgan fingerprint density at radius 3 is 2.40 bits per heavy atom. The van der Waals surface area contributed by atoms with E-state index in [4.69, 9.17) is 5.11 Å². The third-order valence-corrected chi connectivity index (χ3v) is 2.27. The molecule has 0 radical (unpaired) electrons. The molecule has 0 saturated heterocycles. The average Bonchev–Trinajstić information content (AvgIpc) is 2.05. The monoisotopic (exact) mass is 272 g/mol. The molecule has 0 spiro atoms. The van der Waals surface area contributed by atoms with Gasteiger partial charge in [-0.3, -0.25) is 4.90 Å². The van der Waals surface area contributed by atoms with Crippen LogP contribution in [0.15, 0.2) is 22.8 Å². The maximum atomic E-state index is 11.1. The van der Waals surface area contributed by atoms with Gasteiger partial charge in [0.05, 0.1) is 0 Å². The van der Waals surface area contributed by atoms with Crippen LogP contribution in [-0.2, 0) is 0 Å². The number of hydrogen-bond donors (Lipinski definition) is 1. The van der Waals surface area contributed by atoms with Gasteiger partial charge in [0.25, 0.3) is 0 Å². The zero-order valence-corrected chi connectivity index (χ0v) is 10.4. The van der Waals surface area contributed by atoms with E-state index < -0.39 is 11.6 Å². The van der Waals surface area contributed by atoms with Crippen LogP contribution in [0.25, 0.3) is 0 Å². The summed E-state index contributed by atoms with van der Waals surface area (Å²) in [5.41, 5.74) is -0.507. The Bertz CT molecular complexity index is 357. The summed E-state index contributed by atoms with van der Waals surface area (Å²) in [5.74, 6) is 0.429. The van der Waals surface area contributed by atoms with E-state index in [1.165, 1.54) is 4.90 Å². The highest BCUT2D eigenvalue weighted by molar-refractivity contribution is 9.10. The number of aromatic nitrogens is 1. The van der Waals surface area contributed by atoms with Crippen molar-refractivity contribution in [2.75, 3.05) is 4.90 Å². The molecule has 1 aromatic rings. The smallest absolute Gasteiger partial charge is 0.413 e. The summed E-state index contributed by atoms with van der Waals surface area (Å²) >= 11 is 3.25. The van der Waals surface area contributed by atoms with Gasteiger partial charge in [-0.15, -0.1) is 0 Å². The molecule has 0 atom stereocenters. The third kappa shape index (κ3) is 2.92. The van der Waals surface area contributed by atoms with Gasteiger partial charge < -0.3 is 5.11 Å². The van der Waals surface area contributed by atoms with Crippen LogP contribution in [0.4, 0.5) is 10.6 Å². The number of carboxylic acid groups (broad SMARTS) is 1. The molecule has 15 heavy (non-hydrogen) atoms. The standard InChI is InChI=1S/C10H13BrN2O2/c1-10(2,3)13(9(14)15)8-5-4-7(11)6-12-8/h4-6H,1-3H3,(H,14,15). The Balaban J connectivity index is 3.11. The summed E-state index contributed by atoms with van der Waals surface area (Å²) in [6, 6.07) is 3.44. The van der Waals surface area contributed by atoms with Gasteiger partial charge in [0, 0.05) is 16.2 Å². The van der Waals surface area contributed by atoms with Crippen LogP contribution in [0.3, 0.4) is 0 Å². The van der Waals surface area contributed by atoms with Crippen LogP contribution in [0, 0.1) is 0 Å². The minimum atomic E-state index is -1.00. The third-order valence-electron chi connectivity index (χ3n) is 1.80. The lowest BCUT2D eigenvalue weighted by molar-refractivity contribution is 0.195. The molecule has 1 amide bonds. The summed E-state index contributed by atoms with van der Waals surface area (Å²) < 4.78 is 0.825. The molecule has 0 aliphatic carbocycles. The Hall–Kier alpha value is -1.10. The lowest BCUT2D eigenvalue weighted by atomic mass is 10.1. The molecule has 1 heterocycles. The second kappa shape index (κ2) is 4.18. The SMILES string of the molecule is CC(C)(C)N(C(=O)O)c1ccc(Br)cn1. The molecule has 0 aromatic carbocycles. The number of nitrogens with zero attached hydrogens (tertiary/aromatic N) is 2. The minimum Gasteiger partial charge on any atom is -0.465 e. The van der Waals surface area contributed by atoms with Crippen LogP contribution < -0.4 is 4.90 Å². The van der Waals surface area contributed by atoms with Crippen LogP contribution in [0.5, 0.6) is 0 Å². The van der Waals surface area contributed by atoms with Crippen molar-refractivity contribution >= 4 is 27.8 Å². The molecule has 0 aliphatic rings. The maximum Gasteiger partial charge on any atom is 0.413 e. The highest BCUT2D eigenvalue weighted by atomic mass is 79.9. The first-order valence-electron chi connectivity index (χ1n) is 4.47. The highest BCUT2D eigenvalue weighted by Crippen LogP contribution is 2.22. The number of carbonyl (C=O) groups is 1. The van der Waals surface area contributed by atoms with E-state index in [0.29, 0.717) is 5.82 Å². The zero-order valence-electron chi connectivity index (χ0n) is 8.86.